The molecule has 0 fully saturated rings. The van der Waals surface area contributed by atoms with Crippen LogP contribution in [0.2, 0.25) is 0 Å². The number of methoxy groups -OCH3 is 3. The Labute approximate surface area is 228 Å². The van der Waals surface area contributed by atoms with Gasteiger partial charge in [-0.3, -0.25) is 4.79 Å². The number of anilines is 1. The van der Waals surface area contributed by atoms with E-state index in [0.29, 0.717) is 43.7 Å². The summed E-state index contributed by atoms with van der Waals surface area (Å²) in [6.45, 7) is 0. The smallest absolute Gasteiger partial charge is 0.280 e. The average Bonchev–Trinajstić information content (AvgIpc) is 3.39. The van der Waals surface area contributed by atoms with Gasteiger partial charge < -0.3 is 14.2 Å². The van der Waals surface area contributed by atoms with Crippen molar-refractivity contribution in [3.05, 3.63) is 102 Å². The van der Waals surface area contributed by atoms with E-state index < -0.39 is 5.91 Å². The third-order valence-electron chi connectivity index (χ3n) is 5.96. The van der Waals surface area contributed by atoms with E-state index in [0.717, 1.165) is 11.1 Å². The van der Waals surface area contributed by atoms with E-state index in [-0.39, 0.29) is 5.82 Å². The number of aromatic nitrogens is 1. The number of benzene rings is 4. The van der Waals surface area contributed by atoms with Crippen LogP contribution in [-0.2, 0) is 0 Å². The lowest BCUT2D eigenvalue weighted by Gasteiger charge is -2.15. The number of thiazole rings is 1. The maximum Gasteiger partial charge on any atom is 0.280 e. The van der Waals surface area contributed by atoms with Crippen LogP contribution in [0.15, 0.2) is 90.0 Å². The molecule has 5 rings (SSSR count). The molecule has 0 aliphatic heterocycles. The van der Waals surface area contributed by atoms with Crippen LogP contribution in [0.1, 0.15) is 15.9 Å². The molecule has 5 aromatic rings. The number of halogens is 1. The maximum atomic E-state index is 13.9. The van der Waals surface area contributed by atoms with Gasteiger partial charge in [-0.1, -0.05) is 53.8 Å². The quantitative estimate of drug-likeness (QED) is 0.159. The van der Waals surface area contributed by atoms with Crippen LogP contribution in [-0.4, -0.2) is 38.4 Å². The molecule has 196 valence electrons. The Morgan fingerprint density at radius 3 is 2.18 bits per heavy atom. The summed E-state index contributed by atoms with van der Waals surface area (Å²) in [6, 6.07) is 24.9. The van der Waals surface area contributed by atoms with E-state index >= 15 is 0 Å². The SMILES string of the molecule is COc1cc(/C=N/N(C(=O)c2ccc(-c3ccccc3)cc2)c2nc3ccc(F)cc3s2)cc(OC)c1OC. The Kier molecular flexibility index (Phi) is 7.51. The molecule has 0 aliphatic rings. The first-order valence-corrected chi connectivity index (χ1v) is 12.7. The van der Waals surface area contributed by atoms with Crippen molar-refractivity contribution in [2.45, 2.75) is 0 Å². The number of carbonyl (C=O) groups excluding carboxylic acids is 1. The summed E-state index contributed by atoms with van der Waals surface area (Å²) >= 11 is 1.17. The van der Waals surface area contributed by atoms with Crippen molar-refractivity contribution in [3.8, 4) is 28.4 Å². The molecule has 39 heavy (non-hydrogen) atoms. The number of ether oxygens (including phenoxy) is 3. The molecule has 0 unspecified atom stereocenters. The molecule has 9 heteroatoms. The van der Waals surface area contributed by atoms with E-state index in [1.807, 2.05) is 42.5 Å². The summed E-state index contributed by atoms with van der Waals surface area (Å²) < 4.78 is 30.7. The van der Waals surface area contributed by atoms with E-state index in [1.54, 1.807) is 30.3 Å². The lowest BCUT2D eigenvalue weighted by atomic mass is 10.0. The van der Waals surface area contributed by atoms with Crippen LogP contribution in [0.5, 0.6) is 17.2 Å². The van der Waals surface area contributed by atoms with Gasteiger partial charge in [-0.25, -0.2) is 9.37 Å². The Morgan fingerprint density at radius 2 is 1.54 bits per heavy atom. The van der Waals surface area contributed by atoms with Crippen LogP contribution in [0.3, 0.4) is 0 Å². The Bertz CT molecular complexity index is 1630. The maximum absolute atomic E-state index is 13.9. The zero-order valence-electron chi connectivity index (χ0n) is 21.4. The molecule has 0 saturated carbocycles. The molecule has 0 spiro atoms. The summed E-state index contributed by atoms with van der Waals surface area (Å²) in [7, 11) is 4.56. The second kappa shape index (κ2) is 11.3. The number of nitrogens with zero attached hydrogens (tertiary/aromatic N) is 3. The molecule has 1 amide bonds. The van der Waals surface area contributed by atoms with Gasteiger partial charge in [0, 0.05) is 11.1 Å². The number of hydrazone groups is 1. The second-order valence-corrected chi connectivity index (χ2v) is 9.38. The standard InChI is InChI=1S/C30H24FN3O4S/c1-36-25-15-19(16-26(37-2)28(25)38-3)18-32-34(30-33-24-14-13-23(31)17-27(24)39-30)29(35)22-11-9-21(10-12-22)20-7-5-4-6-8-20/h4-18H,1-3H3/b32-18+. The minimum absolute atomic E-state index is 0.302. The monoisotopic (exact) mass is 541 g/mol. The number of rotatable bonds is 8. The normalized spacial score (nSPS) is 11.1. The molecule has 7 nitrogen and oxygen atoms in total. The van der Waals surface area contributed by atoms with E-state index in [4.69, 9.17) is 14.2 Å². The largest absolute Gasteiger partial charge is 0.493 e. The fourth-order valence-corrected chi connectivity index (χ4v) is 4.97. The Balaban J connectivity index is 1.54. The third kappa shape index (κ3) is 5.44. The topological polar surface area (TPSA) is 73.2 Å². The van der Waals surface area contributed by atoms with Gasteiger partial charge in [0.25, 0.3) is 5.91 Å². The lowest BCUT2D eigenvalue weighted by Crippen LogP contribution is -2.25. The van der Waals surface area contributed by atoms with Crippen molar-refractivity contribution in [1.82, 2.24) is 4.98 Å². The van der Waals surface area contributed by atoms with Gasteiger partial charge in [0.1, 0.15) is 5.82 Å². The van der Waals surface area contributed by atoms with Gasteiger partial charge >= 0.3 is 0 Å². The number of hydrogen-bond acceptors (Lipinski definition) is 7. The predicted molar refractivity (Wildman–Crippen MR) is 152 cm³/mol. The van der Waals surface area contributed by atoms with Crippen molar-refractivity contribution in [2.24, 2.45) is 5.10 Å². The summed E-state index contributed by atoms with van der Waals surface area (Å²) in [5.74, 6) is 0.564. The van der Waals surface area contributed by atoms with Crippen molar-refractivity contribution >= 4 is 38.8 Å². The van der Waals surface area contributed by atoms with Crippen molar-refractivity contribution in [2.75, 3.05) is 26.3 Å². The molecule has 1 aromatic heterocycles. The first-order valence-electron chi connectivity index (χ1n) is 11.9. The van der Waals surface area contributed by atoms with Gasteiger partial charge in [0.15, 0.2) is 11.5 Å². The van der Waals surface area contributed by atoms with Gasteiger partial charge in [0.05, 0.1) is 37.8 Å². The number of carbonyl (C=O) groups is 1. The highest BCUT2D eigenvalue weighted by atomic mass is 32.1. The van der Waals surface area contributed by atoms with Gasteiger partial charge in [-0.15, -0.1) is 0 Å². The minimum Gasteiger partial charge on any atom is -0.493 e. The van der Waals surface area contributed by atoms with Gasteiger partial charge in [0.2, 0.25) is 10.9 Å². The second-order valence-electron chi connectivity index (χ2n) is 8.37. The van der Waals surface area contributed by atoms with Crippen LogP contribution in [0.25, 0.3) is 21.3 Å². The van der Waals surface area contributed by atoms with Gasteiger partial charge in [-0.05, 0) is 53.6 Å². The molecular formula is C30H24FN3O4S. The first kappa shape index (κ1) is 25.9. The van der Waals surface area contributed by atoms with Crippen molar-refractivity contribution < 1.29 is 23.4 Å². The summed E-state index contributed by atoms with van der Waals surface area (Å²) in [6.07, 6.45) is 1.51. The molecule has 1 heterocycles. The zero-order chi connectivity index (χ0) is 27.4. The number of fused-ring (bicyclic) bond motifs is 1. The van der Waals surface area contributed by atoms with E-state index in [1.165, 1.54) is 56.0 Å². The fourth-order valence-electron chi connectivity index (χ4n) is 4.02. The molecule has 4 aromatic carbocycles. The van der Waals surface area contributed by atoms with Gasteiger partial charge in [-0.2, -0.15) is 10.1 Å². The number of amides is 1. The summed E-state index contributed by atoms with van der Waals surface area (Å²) in [5.41, 5.74) is 3.62. The van der Waals surface area contributed by atoms with Crippen molar-refractivity contribution in [1.29, 1.82) is 0 Å². The van der Waals surface area contributed by atoms with Crippen LogP contribution in [0.4, 0.5) is 9.52 Å². The Morgan fingerprint density at radius 1 is 0.872 bits per heavy atom. The fraction of sp³-hybridized carbons (Fsp3) is 0.100. The molecular weight excluding hydrogens is 517 g/mol. The number of hydrogen-bond donors (Lipinski definition) is 0. The highest BCUT2D eigenvalue weighted by Gasteiger charge is 2.22. The summed E-state index contributed by atoms with van der Waals surface area (Å²) in [4.78, 5) is 18.3. The van der Waals surface area contributed by atoms with E-state index in [9.17, 15) is 9.18 Å². The average molecular weight is 542 g/mol. The summed E-state index contributed by atoms with van der Waals surface area (Å²) in [5, 5.41) is 6.02. The highest BCUT2D eigenvalue weighted by molar-refractivity contribution is 7.22. The zero-order valence-corrected chi connectivity index (χ0v) is 22.2. The molecule has 0 N–H and O–H groups in total. The third-order valence-corrected chi connectivity index (χ3v) is 6.95. The van der Waals surface area contributed by atoms with Crippen LogP contribution < -0.4 is 19.2 Å². The molecule has 0 atom stereocenters. The highest BCUT2D eigenvalue weighted by Crippen LogP contribution is 2.38. The van der Waals surface area contributed by atoms with Crippen molar-refractivity contribution in [3.63, 3.8) is 0 Å². The Hall–Kier alpha value is -4.76. The van der Waals surface area contributed by atoms with Crippen LogP contribution >= 0.6 is 11.3 Å². The molecule has 0 saturated heterocycles. The predicted octanol–water partition coefficient (Wildman–Crippen LogP) is 6.81. The van der Waals surface area contributed by atoms with Crippen LogP contribution in [0, 0.1) is 5.82 Å². The minimum atomic E-state index is -0.391. The lowest BCUT2D eigenvalue weighted by molar-refractivity contribution is 0.0988. The molecule has 0 radical (unpaired) electrons. The molecule has 0 bridgehead atoms. The molecule has 0 aliphatic carbocycles. The first-order chi connectivity index (χ1) is 19.0. The van der Waals surface area contributed by atoms with E-state index in [2.05, 4.69) is 10.1 Å².